The van der Waals surface area contributed by atoms with E-state index in [2.05, 4.69) is 10.3 Å². The summed E-state index contributed by atoms with van der Waals surface area (Å²) in [6.45, 7) is 4.94. The zero-order chi connectivity index (χ0) is 23.0. The first-order valence-electron chi connectivity index (χ1n) is 11.1. The summed E-state index contributed by atoms with van der Waals surface area (Å²) in [6.07, 6.45) is 0. The summed E-state index contributed by atoms with van der Waals surface area (Å²) in [5.74, 6) is -0.0516. The molecule has 0 saturated carbocycles. The van der Waals surface area contributed by atoms with E-state index < -0.39 is 5.54 Å². The maximum atomic E-state index is 13.7. The minimum Gasteiger partial charge on any atom is -0.350 e. The van der Waals surface area contributed by atoms with Gasteiger partial charge in [0.05, 0.1) is 17.6 Å². The van der Waals surface area contributed by atoms with Gasteiger partial charge in [0.1, 0.15) is 5.54 Å². The molecule has 1 aliphatic rings. The highest BCUT2D eigenvalue weighted by molar-refractivity contribution is 6.01. The van der Waals surface area contributed by atoms with E-state index in [1.54, 1.807) is 4.90 Å². The maximum absolute atomic E-state index is 13.7. The standard InChI is InChI=1S/C27H26N4O2/c1-19-9-8-12-21(15-19)17-31-25(32)24-29-22-13-6-7-14-23(22)30(24)18-27(31,2)26(33)28-16-20-10-4-3-5-11-20/h3-15H,16-18H2,1-2H3,(H,28,33)/t27-/m0/s1. The first kappa shape index (κ1) is 20.9. The number of para-hydroxylation sites is 2. The molecule has 0 unspecified atom stereocenters. The molecule has 0 radical (unpaired) electrons. The molecule has 0 spiro atoms. The number of amides is 2. The van der Waals surface area contributed by atoms with Crippen LogP contribution in [0.1, 0.15) is 34.2 Å². The molecule has 5 rings (SSSR count). The number of hydrogen-bond donors (Lipinski definition) is 1. The van der Waals surface area contributed by atoms with Crippen molar-refractivity contribution < 1.29 is 9.59 Å². The number of aryl methyl sites for hydroxylation is 1. The average molecular weight is 439 g/mol. The van der Waals surface area contributed by atoms with Gasteiger partial charge in [0, 0.05) is 13.1 Å². The number of carbonyl (C=O) groups excluding carboxylic acids is 2. The fourth-order valence-corrected chi connectivity index (χ4v) is 4.54. The number of carbonyl (C=O) groups is 2. The Morgan fingerprint density at radius 1 is 1.00 bits per heavy atom. The summed E-state index contributed by atoms with van der Waals surface area (Å²) in [4.78, 5) is 33.6. The molecule has 1 aliphatic heterocycles. The van der Waals surface area contributed by atoms with Crippen molar-refractivity contribution in [3.8, 4) is 0 Å². The van der Waals surface area contributed by atoms with Crippen molar-refractivity contribution in [3.63, 3.8) is 0 Å². The number of aromatic nitrogens is 2. The van der Waals surface area contributed by atoms with Crippen LogP contribution in [0.25, 0.3) is 11.0 Å². The molecule has 3 aromatic carbocycles. The Kier molecular flexibility index (Phi) is 5.21. The Bertz CT molecular complexity index is 1340. The average Bonchev–Trinajstić information content (AvgIpc) is 3.19. The lowest BCUT2D eigenvalue weighted by Crippen LogP contribution is -2.63. The van der Waals surface area contributed by atoms with Gasteiger partial charge in [0.2, 0.25) is 5.91 Å². The monoisotopic (exact) mass is 438 g/mol. The fourth-order valence-electron chi connectivity index (χ4n) is 4.54. The van der Waals surface area contributed by atoms with Gasteiger partial charge in [-0.2, -0.15) is 0 Å². The van der Waals surface area contributed by atoms with Crippen LogP contribution in [0, 0.1) is 6.92 Å². The number of nitrogens with one attached hydrogen (secondary N) is 1. The van der Waals surface area contributed by atoms with E-state index in [9.17, 15) is 9.59 Å². The quantitative estimate of drug-likeness (QED) is 0.511. The predicted octanol–water partition coefficient (Wildman–Crippen LogP) is 4.08. The topological polar surface area (TPSA) is 67.2 Å². The van der Waals surface area contributed by atoms with Crippen molar-refractivity contribution in [2.24, 2.45) is 0 Å². The third-order valence-electron chi connectivity index (χ3n) is 6.36. The second-order valence-corrected chi connectivity index (χ2v) is 8.83. The molecular formula is C27H26N4O2. The van der Waals surface area contributed by atoms with Crippen molar-refractivity contribution >= 4 is 22.8 Å². The normalized spacial score (nSPS) is 17.8. The highest BCUT2D eigenvalue weighted by Crippen LogP contribution is 2.32. The van der Waals surface area contributed by atoms with Crippen molar-refractivity contribution in [1.29, 1.82) is 0 Å². The van der Waals surface area contributed by atoms with Gasteiger partial charge in [0.15, 0.2) is 5.82 Å². The van der Waals surface area contributed by atoms with Gasteiger partial charge in [0.25, 0.3) is 5.91 Å². The second-order valence-electron chi connectivity index (χ2n) is 8.83. The van der Waals surface area contributed by atoms with Crippen LogP contribution in [0.5, 0.6) is 0 Å². The Morgan fingerprint density at radius 3 is 2.52 bits per heavy atom. The minimum atomic E-state index is -1.08. The molecule has 1 N–H and O–H groups in total. The van der Waals surface area contributed by atoms with Crippen molar-refractivity contribution in [2.45, 2.75) is 39.0 Å². The molecule has 1 aromatic heterocycles. The summed E-state index contributed by atoms with van der Waals surface area (Å²) < 4.78 is 1.88. The van der Waals surface area contributed by atoms with Gasteiger partial charge in [-0.05, 0) is 37.1 Å². The molecule has 6 heteroatoms. The SMILES string of the molecule is Cc1cccc(CN2C(=O)c3nc4ccccc4n3C[C@@]2(C)C(=O)NCc2ccccc2)c1. The van der Waals surface area contributed by atoms with Crippen molar-refractivity contribution in [1.82, 2.24) is 19.8 Å². The van der Waals surface area contributed by atoms with Gasteiger partial charge in [-0.3, -0.25) is 9.59 Å². The first-order chi connectivity index (χ1) is 16.0. The van der Waals surface area contributed by atoms with Crippen LogP contribution in [0.4, 0.5) is 0 Å². The number of rotatable bonds is 5. The van der Waals surface area contributed by atoms with E-state index in [0.29, 0.717) is 25.5 Å². The predicted molar refractivity (Wildman–Crippen MR) is 127 cm³/mol. The molecule has 0 saturated heterocycles. The van der Waals surface area contributed by atoms with E-state index in [-0.39, 0.29) is 11.8 Å². The van der Waals surface area contributed by atoms with Gasteiger partial charge in [-0.25, -0.2) is 4.98 Å². The third-order valence-corrected chi connectivity index (χ3v) is 6.36. The number of benzene rings is 3. The van der Waals surface area contributed by atoms with E-state index in [4.69, 9.17) is 0 Å². The third kappa shape index (κ3) is 3.78. The largest absolute Gasteiger partial charge is 0.350 e. The molecule has 33 heavy (non-hydrogen) atoms. The highest BCUT2D eigenvalue weighted by atomic mass is 16.2. The Balaban J connectivity index is 1.54. The maximum Gasteiger partial charge on any atom is 0.291 e. The lowest BCUT2D eigenvalue weighted by molar-refractivity contribution is -0.133. The van der Waals surface area contributed by atoms with Gasteiger partial charge >= 0.3 is 0 Å². The smallest absolute Gasteiger partial charge is 0.291 e. The lowest BCUT2D eigenvalue weighted by atomic mass is 9.94. The first-order valence-corrected chi connectivity index (χ1v) is 11.1. The van der Waals surface area contributed by atoms with Crippen LogP contribution < -0.4 is 5.32 Å². The highest BCUT2D eigenvalue weighted by Gasteiger charge is 2.48. The fraction of sp³-hybridized carbons (Fsp3) is 0.222. The molecule has 0 aliphatic carbocycles. The van der Waals surface area contributed by atoms with Crippen molar-refractivity contribution in [2.75, 3.05) is 0 Å². The van der Waals surface area contributed by atoms with Gasteiger partial charge < -0.3 is 14.8 Å². The van der Waals surface area contributed by atoms with Crippen LogP contribution in [0.15, 0.2) is 78.9 Å². The van der Waals surface area contributed by atoms with E-state index in [0.717, 1.165) is 27.7 Å². The zero-order valence-corrected chi connectivity index (χ0v) is 18.8. The number of imidazole rings is 1. The molecule has 6 nitrogen and oxygen atoms in total. The summed E-state index contributed by atoms with van der Waals surface area (Å²) in [5.41, 5.74) is 3.64. The molecule has 2 amide bonds. The van der Waals surface area contributed by atoms with Crippen molar-refractivity contribution in [3.05, 3.63) is 101 Å². The summed E-state index contributed by atoms with van der Waals surface area (Å²) in [7, 11) is 0. The molecule has 4 aromatic rings. The molecule has 0 fully saturated rings. The second kappa shape index (κ2) is 8.20. The molecule has 0 bridgehead atoms. The summed E-state index contributed by atoms with van der Waals surface area (Å²) >= 11 is 0. The van der Waals surface area contributed by atoms with Crippen LogP contribution in [0.2, 0.25) is 0 Å². The molecule has 2 heterocycles. The summed E-state index contributed by atoms with van der Waals surface area (Å²) in [5, 5.41) is 3.06. The van der Waals surface area contributed by atoms with Crippen LogP contribution in [-0.2, 0) is 24.4 Å². The summed E-state index contributed by atoms with van der Waals surface area (Å²) in [6, 6.07) is 25.5. The minimum absolute atomic E-state index is 0.184. The van der Waals surface area contributed by atoms with E-state index in [1.165, 1.54) is 0 Å². The Labute approximate surface area is 192 Å². The zero-order valence-electron chi connectivity index (χ0n) is 18.8. The Morgan fingerprint density at radius 2 is 1.73 bits per heavy atom. The van der Waals surface area contributed by atoms with Gasteiger partial charge in [-0.1, -0.05) is 72.3 Å². The van der Waals surface area contributed by atoms with E-state index in [1.807, 2.05) is 97.3 Å². The molecule has 1 atom stereocenters. The number of nitrogens with zero attached hydrogens (tertiary/aromatic N) is 3. The van der Waals surface area contributed by atoms with Crippen LogP contribution in [0.3, 0.4) is 0 Å². The van der Waals surface area contributed by atoms with Crippen LogP contribution in [-0.4, -0.2) is 31.8 Å². The van der Waals surface area contributed by atoms with E-state index >= 15 is 0 Å². The lowest BCUT2D eigenvalue weighted by Gasteiger charge is -2.43. The molecule has 166 valence electrons. The van der Waals surface area contributed by atoms with Gasteiger partial charge in [-0.15, -0.1) is 0 Å². The van der Waals surface area contributed by atoms with Crippen LogP contribution >= 0.6 is 0 Å². The molecular weight excluding hydrogens is 412 g/mol. The Hall–Kier alpha value is -3.93. The number of fused-ring (bicyclic) bond motifs is 3. The number of hydrogen-bond acceptors (Lipinski definition) is 3.